The van der Waals surface area contributed by atoms with Crippen LogP contribution in [0.15, 0.2) is 0 Å². The summed E-state index contributed by atoms with van der Waals surface area (Å²) < 4.78 is 4.87. The number of ether oxygens (including phenoxy) is 1. The number of hydrogen-bond acceptors (Lipinski definition) is 4. The second kappa shape index (κ2) is 2.96. The molecule has 0 aromatic rings. The lowest BCUT2D eigenvalue weighted by Gasteiger charge is -2.38. The number of hydrogen-bond donors (Lipinski definition) is 1. The Kier molecular flexibility index (Phi) is 2.21. The minimum atomic E-state index is -0.784. The number of carbonyl (C=O) groups is 1. The van der Waals surface area contributed by atoms with Gasteiger partial charge in [-0.05, 0) is 0 Å². The number of amides is 1. The average molecular weight is 145 g/mol. The van der Waals surface area contributed by atoms with Gasteiger partial charge in [0.05, 0.1) is 13.2 Å². The summed E-state index contributed by atoms with van der Waals surface area (Å²) >= 11 is 0. The maximum absolute atomic E-state index is 10.8. The van der Waals surface area contributed by atoms with Gasteiger partial charge in [0.2, 0.25) is 5.91 Å². The Bertz CT molecular complexity index is 139. The van der Waals surface area contributed by atoms with Crippen molar-refractivity contribution in [1.29, 1.82) is 0 Å². The number of nitrogens with two attached hydrogens (primary N) is 1. The molecule has 0 aromatic heterocycles. The van der Waals surface area contributed by atoms with E-state index in [2.05, 4.69) is 0 Å². The highest BCUT2D eigenvalue weighted by Crippen LogP contribution is 2.02. The van der Waals surface area contributed by atoms with Crippen LogP contribution in [0.5, 0.6) is 0 Å². The summed E-state index contributed by atoms with van der Waals surface area (Å²) in [6, 6.07) is -0.784. The molecular weight excluding hydrogens is 136 g/mol. The normalized spacial score (nSPS) is 28.3. The first-order valence-corrected chi connectivity index (χ1v) is 3.02. The molecule has 58 valence electrons. The van der Waals surface area contributed by atoms with E-state index in [4.69, 9.17) is 10.5 Å². The largest absolute Gasteiger partial charge is 0.784 e. The Hall–Kier alpha value is -0.650. The standard InChI is InChI=1S/C5H9N2O3/c6-5(8)4-3-10-2-1-7(4)9/h4H,1-3H2,(H2,6,8)/q-1. The minimum Gasteiger partial charge on any atom is -0.784 e. The summed E-state index contributed by atoms with van der Waals surface area (Å²) in [6.45, 7) is 0.736. The monoisotopic (exact) mass is 145 g/mol. The van der Waals surface area contributed by atoms with Crippen molar-refractivity contribution in [2.24, 2.45) is 5.73 Å². The fraction of sp³-hybridized carbons (Fsp3) is 0.800. The SMILES string of the molecule is NC(=O)C1COCCN1[O-]. The molecule has 1 aliphatic rings. The molecule has 0 saturated carbocycles. The molecule has 0 aliphatic carbocycles. The van der Waals surface area contributed by atoms with Crippen molar-refractivity contribution in [3.8, 4) is 0 Å². The number of hydroxylamine groups is 2. The van der Waals surface area contributed by atoms with Gasteiger partial charge in [0.25, 0.3) is 0 Å². The fourth-order valence-corrected chi connectivity index (χ4v) is 0.813. The lowest BCUT2D eigenvalue weighted by molar-refractivity contribution is -0.127. The Morgan fingerprint density at radius 1 is 1.80 bits per heavy atom. The minimum absolute atomic E-state index is 0.124. The van der Waals surface area contributed by atoms with Crippen molar-refractivity contribution in [1.82, 2.24) is 5.06 Å². The van der Waals surface area contributed by atoms with Gasteiger partial charge in [0.15, 0.2) is 0 Å². The first-order chi connectivity index (χ1) is 4.72. The first-order valence-electron chi connectivity index (χ1n) is 3.02. The quantitative estimate of drug-likeness (QED) is 0.495. The molecule has 1 aliphatic heterocycles. The lowest BCUT2D eigenvalue weighted by Crippen LogP contribution is -2.49. The Morgan fingerprint density at radius 3 is 2.90 bits per heavy atom. The Balaban J connectivity index is 2.47. The summed E-state index contributed by atoms with van der Waals surface area (Å²) in [6.07, 6.45) is 0. The van der Waals surface area contributed by atoms with E-state index in [1.54, 1.807) is 0 Å². The van der Waals surface area contributed by atoms with Crippen LogP contribution in [0.1, 0.15) is 0 Å². The fourth-order valence-electron chi connectivity index (χ4n) is 0.813. The molecule has 5 nitrogen and oxygen atoms in total. The molecule has 0 spiro atoms. The first kappa shape index (κ1) is 7.46. The molecule has 10 heavy (non-hydrogen) atoms. The van der Waals surface area contributed by atoms with Crippen molar-refractivity contribution < 1.29 is 9.53 Å². The third-order valence-electron chi connectivity index (χ3n) is 1.41. The van der Waals surface area contributed by atoms with E-state index in [0.29, 0.717) is 11.7 Å². The van der Waals surface area contributed by atoms with Gasteiger partial charge in [-0.15, -0.1) is 0 Å². The third kappa shape index (κ3) is 1.44. The van der Waals surface area contributed by atoms with Gasteiger partial charge in [-0.1, -0.05) is 0 Å². The number of carbonyl (C=O) groups excluding carboxylic acids is 1. The Morgan fingerprint density at radius 2 is 2.50 bits per heavy atom. The average Bonchev–Trinajstić information content (AvgIpc) is 1.88. The highest BCUT2D eigenvalue weighted by molar-refractivity contribution is 5.80. The number of rotatable bonds is 1. The van der Waals surface area contributed by atoms with Gasteiger partial charge in [-0.2, -0.15) is 0 Å². The van der Waals surface area contributed by atoms with Gasteiger partial charge in [-0.25, -0.2) is 0 Å². The van der Waals surface area contributed by atoms with Crippen LogP contribution in [0.3, 0.4) is 0 Å². The van der Waals surface area contributed by atoms with Crippen LogP contribution in [0, 0.1) is 5.21 Å². The van der Waals surface area contributed by atoms with E-state index in [9.17, 15) is 10.0 Å². The predicted octanol–water partition coefficient (Wildman–Crippen LogP) is -1.33. The van der Waals surface area contributed by atoms with E-state index in [1.165, 1.54) is 0 Å². The molecule has 1 amide bonds. The second-order valence-corrected chi connectivity index (χ2v) is 2.13. The molecular formula is C5H9N2O3-. The zero-order chi connectivity index (χ0) is 7.56. The van der Waals surface area contributed by atoms with Crippen molar-refractivity contribution >= 4 is 5.91 Å². The smallest absolute Gasteiger partial charge is 0.236 e. The molecule has 0 aromatic carbocycles. The molecule has 2 N–H and O–H groups in total. The maximum Gasteiger partial charge on any atom is 0.236 e. The van der Waals surface area contributed by atoms with Crippen molar-refractivity contribution in [3.63, 3.8) is 0 Å². The summed E-state index contributed by atoms with van der Waals surface area (Å²) in [4.78, 5) is 10.5. The van der Waals surface area contributed by atoms with E-state index in [1.807, 2.05) is 0 Å². The zero-order valence-corrected chi connectivity index (χ0v) is 5.45. The van der Waals surface area contributed by atoms with Gasteiger partial charge < -0.3 is 20.7 Å². The molecule has 1 fully saturated rings. The molecule has 0 radical (unpaired) electrons. The summed E-state index contributed by atoms with van der Waals surface area (Å²) in [5.74, 6) is -0.616. The van der Waals surface area contributed by atoms with Crippen molar-refractivity contribution in [2.45, 2.75) is 6.04 Å². The van der Waals surface area contributed by atoms with Crippen LogP contribution in [-0.2, 0) is 9.53 Å². The topological polar surface area (TPSA) is 78.6 Å². The van der Waals surface area contributed by atoms with Crippen LogP contribution in [-0.4, -0.2) is 36.8 Å². The van der Waals surface area contributed by atoms with E-state index >= 15 is 0 Å². The Labute approximate surface area is 58.3 Å². The zero-order valence-electron chi connectivity index (χ0n) is 5.45. The lowest BCUT2D eigenvalue weighted by atomic mass is 10.2. The van der Waals surface area contributed by atoms with Crippen LogP contribution in [0.25, 0.3) is 0 Å². The number of primary amides is 1. The van der Waals surface area contributed by atoms with Crippen LogP contribution >= 0.6 is 0 Å². The maximum atomic E-state index is 10.8. The van der Waals surface area contributed by atoms with E-state index in [-0.39, 0.29) is 13.2 Å². The van der Waals surface area contributed by atoms with E-state index < -0.39 is 11.9 Å². The molecule has 1 unspecified atom stereocenters. The molecule has 1 rings (SSSR count). The van der Waals surface area contributed by atoms with Crippen molar-refractivity contribution in [3.05, 3.63) is 5.21 Å². The number of morpholine rings is 1. The van der Waals surface area contributed by atoms with Gasteiger partial charge in [0.1, 0.15) is 6.04 Å². The highest BCUT2D eigenvalue weighted by Gasteiger charge is 2.20. The van der Waals surface area contributed by atoms with Crippen LogP contribution < -0.4 is 5.73 Å². The molecule has 1 saturated heterocycles. The third-order valence-corrected chi connectivity index (χ3v) is 1.41. The second-order valence-electron chi connectivity index (χ2n) is 2.13. The van der Waals surface area contributed by atoms with Crippen LogP contribution in [0.4, 0.5) is 0 Å². The summed E-state index contributed by atoms with van der Waals surface area (Å²) in [5, 5.41) is 11.4. The van der Waals surface area contributed by atoms with Crippen LogP contribution in [0.2, 0.25) is 0 Å². The summed E-state index contributed by atoms with van der Waals surface area (Å²) in [7, 11) is 0. The molecule has 0 bridgehead atoms. The van der Waals surface area contributed by atoms with Gasteiger partial charge in [0, 0.05) is 6.54 Å². The molecule has 1 heterocycles. The van der Waals surface area contributed by atoms with E-state index in [0.717, 1.165) is 0 Å². The summed E-state index contributed by atoms with van der Waals surface area (Å²) in [5.41, 5.74) is 4.90. The number of nitrogens with zero attached hydrogens (tertiary/aromatic N) is 1. The van der Waals surface area contributed by atoms with Crippen molar-refractivity contribution in [2.75, 3.05) is 19.8 Å². The van der Waals surface area contributed by atoms with Gasteiger partial charge >= 0.3 is 0 Å². The van der Waals surface area contributed by atoms with Gasteiger partial charge in [-0.3, -0.25) is 4.79 Å². The highest BCUT2D eigenvalue weighted by atomic mass is 16.5. The molecule has 5 heteroatoms. The predicted molar refractivity (Wildman–Crippen MR) is 33.9 cm³/mol. The molecule has 1 atom stereocenters.